The maximum absolute atomic E-state index is 14.6. The van der Waals surface area contributed by atoms with Gasteiger partial charge in [-0.1, -0.05) is 105 Å². The monoisotopic (exact) mass is 1010 g/mol. The first-order chi connectivity index (χ1) is 33.5. The number of carbonyl (C=O) groups is 8. The fourth-order valence-corrected chi connectivity index (χ4v) is 11.2. The van der Waals surface area contributed by atoms with Gasteiger partial charge in [0.05, 0.1) is 41.9 Å². The second kappa shape index (κ2) is 29.2. The molecule has 0 spiro atoms. The Morgan fingerprint density at radius 2 is 1.51 bits per heavy atom. The van der Waals surface area contributed by atoms with Gasteiger partial charge in [0.1, 0.15) is 18.1 Å². The van der Waals surface area contributed by atoms with E-state index < -0.39 is 66.1 Å². The minimum atomic E-state index is -1.16. The predicted octanol–water partition coefficient (Wildman–Crippen LogP) is 5.56. The van der Waals surface area contributed by atoms with E-state index in [0.717, 1.165) is 12.0 Å². The van der Waals surface area contributed by atoms with Gasteiger partial charge in [-0.3, -0.25) is 38.5 Å². The molecule has 1 aromatic rings. The molecule has 11 atom stereocenters. The van der Waals surface area contributed by atoms with Crippen LogP contribution < -0.4 is 10.6 Å². The van der Waals surface area contributed by atoms with Crippen LogP contribution in [0.25, 0.3) is 0 Å². The first kappa shape index (κ1) is 60.8. The van der Waals surface area contributed by atoms with Crippen LogP contribution in [-0.4, -0.2) is 166 Å². The lowest BCUT2D eigenvalue weighted by Crippen LogP contribution is -2.60. The summed E-state index contributed by atoms with van der Waals surface area (Å²) in [5.41, 5.74) is 0.764. The Balaban J connectivity index is 1.68. The van der Waals surface area contributed by atoms with Gasteiger partial charge in [-0.25, -0.2) is 4.79 Å². The van der Waals surface area contributed by atoms with Crippen LogP contribution in [0.1, 0.15) is 132 Å². The highest BCUT2D eigenvalue weighted by atomic mass is 32.2. The molecule has 18 heteroatoms. The molecule has 0 bridgehead atoms. The number of likely N-dealkylation sites (tertiary alicyclic amines) is 2. The molecule has 400 valence electrons. The summed E-state index contributed by atoms with van der Waals surface area (Å²) in [5.74, 6) is -4.82. The molecule has 3 rings (SSSR count). The number of unbranched alkanes of at least 4 members (excludes halogenated alkanes) is 2. The predicted molar refractivity (Wildman–Crippen MR) is 275 cm³/mol. The number of likely N-dealkylation sites (N-methyl/N-ethyl adjacent to an activating group) is 2. The van der Waals surface area contributed by atoms with Crippen LogP contribution in [0.3, 0.4) is 0 Å². The molecule has 2 aliphatic rings. The Bertz CT molecular complexity index is 1940. The highest BCUT2D eigenvalue weighted by Gasteiger charge is 2.44. The maximum atomic E-state index is 14.6. The minimum absolute atomic E-state index is 0.0810. The number of rotatable bonds is 30. The zero-order chi connectivity index (χ0) is 53.3. The van der Waals surface area contributed by atoms with Crippen LogP contribution >= 0.6 is 11.8 Å². The van der Waals surface area contributed by atoms with Gasteiger partial charge in [0.25, 0.3) is 0 Å². The van der Waals surface area contributed by atoms with Gasteiger partial charge in [0.15, 0.2) is 0 Å². The maximum Gasteiger partial charge on any atom is 0.326 e. The van der Waals surface area contributed by atoms with Crippen molar-refractivity contribution in [2.45, 2.75) is 186 Å². The lowest BCUT2D eigenvalue weighted by molar-refractivity contribution is -0.149. The van der Waals surface area contributed by atoms with Crippen LogP contribution in [0.5, 0.6) is 0 Å². The van der Waals surface area contributed by atoms with E-state index in [1.165, 1.54) is 24.0 Å². The molecule has 0 aromatic heterocycles. The molecule has 0 aliphatic carbocycles. The number of thioether (sulfide) groups is 1. The van der Waals surface area contributed by atoms with Crippen LogP contribution in [0.2, 0.25) is 0 Å². The normalized spacial score (nSPS) is 19.9. The standard InChI is InChI=1S/C53H86N6O11S/c1-14-34(7)47(40(69-12)30-43(61)58-28-22-25-39(58)48(70-13)36(9)49(63)54-38(53(67)68)29-37-23-18-16-19-24-37)57(11)52(66)45(32(3)4)55-50(64)46(33(5)6)56(10)42(60)26-20-17-21-27-59-44(62)31-41(51(59)65)71-35(8)15-2/h16,18-19,23-24,32-36,38-41,45-48H,14-15,17,20-22,25-31H2,1-13H3,(H,54,63)(H,55,64)(H,67,68)/t34-,35?,36+,38-,39-,40+,41?,45-,46-,47-,48+/m0/s1. The van der Waals surface area contributed by atoms with Crippen molar-refractivity contribution in [1.29, 1.82) is 0 Å². The van der Waals surface area contributed by atoms with Crippen molar-refractivity contribution >= 4 is 59.1 Å². The number of hydrogen-bond acceptors (Lipinski definition) is 11. The zero-order valence-corrected chi connectivity index (χ0v) is 45.6. The largest absolute Gasteiger partial charge is 0.480 e. The smallest absolute Gasteiger partial charge is 0.326 e. The highest BCUT2D eigenvalue weighted by Crippen LogP contribution is 2.32. The van der Waals surface area contributed by atoms with Crippen molar-refractivity contribution in [1.82, 2.24) is 30.2 Å². The van der Waals surface area contributed by atoms with Gasteiger partial charge >= 0.3 is 5.97 Å². The first-order valence-electron chi connectivity index (χ1n) is 25.8. The Morgan fingerprint density at radius 1 is 0.845 bits per heavy atom. The van der Waals surface area contributed by atoms with Crippen molar-refractivity contribution in [3.05, 3.63) is 35.9 Å². The lowest BCUT2D eigenvalue weighted by Gasteiger charge is -2.41. The van der Waals surface area contributed by atoms with E-state index in [9.17, 15) is 43.5 Å². The fourth-order valence-electron chi connectivity index (χ4n) is 9.98. The quantitative estimate of drug-likeness (QED) is 0.0639. The number of nitrogens with zero attached hydrogens (tertiary/aromatic N) is 4. The van der Waals surface area contributed by atoms with E-state index in [-0.39, 0.29) is 83.5 Å². The number of carbonyl (C=O) groups excluding carboxylic acids is 7. The molecule has 2 unspecified atom stereocenters. The van der Waals surface area contributed by atoms with Crippen molar-refractivity contribution in [3.8, 4) is 0 Å². The number of hydrogen-bond donors (Lipinski definition) is 3. The Hall–Kier alpha value is -4.55. The summed E-state index contributed by atoms with van der Waals surface area (Å²) in [5, 5.41) is 15.6. The third-order valence-electron chi connectivity index (χ3n) is 14.5. The van der Waals surface area contributed by atoms with Crippen LogP contribution in [0, 0.1) is 23.7 Å². The van der Waals surface area contributed by atoms with Gasteiger partial charge in [-0.15, -0.1) is 11.8 Å². The van der Waals surface area contributed by atoms with Gasteiger partial charge in [-0.05, 0) is 55.4 Å². The number of nitrogens with one attached hydrogen (secondary N) is 2. The minimum Gasteiger partial charge on any atom is -0.480 e. The second-order valence-electron chi connectivity index (χ2n) is 20.3. The highest BCUT2D eigenvalue weighted by molar-refractivity contribution is 8.01. The number of methoxy groups -OCH3 is 2. The lowest BCUT2D eigenvalue weighted by atomic mass is 9.89. The third-order valence-corrected chi connectivity index (χ3v) is 16.0. The molecule has 2 fully saturated rings. The van der Waals surface area contributed by atoms with Crippen LogP contribution in [-0.2, 0) is 54.3 Å². The molecule has 2 saturated heterocycles. The molecule has 0 saturated carbocycles. The fraction of sp³-hybridized carbons (Fsp3) is 0.736. The summed E-state index contributed by atoms with van der Waals surface area (Å²) in [6, 6.07) is 4.98. The topological polar surface area (TPSA) is 212 Å². The Labute approximate surface area is 427 Å². The number of imide groups is 1. The summed E-state index contributed by atoms with van der Waals surface area (Å²) in [7, 11) is 6.24. The van der Waals surface area contributed by atoms with Crippen molar-refractivity contribution < 1.29 is 52.9 Å². The second-order valence-corrected chi connectivity index (χ2v) is 22.0. The zero-order valence-electron chi connectivity index (χ0n) is 44.8. The van der Waals surface area contributed by atoms with Gasteiger partial charge < -0.3 is 39.9 Å². The molecule has 0 radical (unpaired) electrons. The molecule has 2 aliphatic heterocycles. The van der Waals surface area contributed by atoms with Crippen molar-refractivity contribution in [2.24, 2.45) is 23.7 Å². The van der Waals surface area contributed by atoms with E-state index >= 15 is 0 Å². The SMILES string of the molecule is CCC(C)SC1CC(=O)N(CCCCCC(=O)N(C)[C@H](C(=O)N[C@H](C(=O)N(C)[C@@H]([C@@H](C)CC)[C@@H](CC(=O)N2CCC[C@H]2[C@H](OC)[C@@H](C)C(=O)N[C@@H](Cc2ccccc2)C(=O)O)OC)C(C)C)C(C)C)C1=O. The molecule has 3 N–H and O–H groups in total. The average Bonchev–Trinajstić information content (AvgIpc) is 3.92. The summed E-state index contributed by atoms with van der Waals surface area (Å²) in [6.45, 7) is 17.9. The number of aliphatic carboxylic acids is 1. The Kier molecular flexibility index (Phi) is 25.0. The molecular formula is C53H86N6O11S. The molecular weight excluding hydrogens is 929 g/mol. The third kappa shape index (κ3) is 16.7. The van der Waals surface area contributed by atoms with Crippen molar-refractivity contribution in [2.75, 3.05) is 41.4 Å². The number of benzene rings is 1. The molecule has 1 aromatic carbocycles. The molecule has 7 amide bonds. The summed E-state index contributed by atoms with van der Waals surface area (Å²) in [6.07, 6.45) is 3.44. The van der Waals surface area contributed by atoms with E-state index in [1.807, 2.05) is 47.6 Å². The van der Waals surface area contributed by atoms with Gasteiger partial charge in [0, 0.05) is 65.9 Å². The Morgan fingerprint density at radius 3 is 2.07 bits per heavy atom. The van der Waals surface area contributed by atoms with E-state index in [4.69, 9.17) is 9.47 Å². The van der Waals surface area contributed by atoms with E-state index in [0.29, 0.717) is 51.6 Å². The first-order valence-corrected chi connectivity index (χ1v) is 26.7. The number of ether oxygens (including phenoxy) is 2. The van der Waals surface area contributed by atoms with Crippen LogP contribution in [0.15, 0.2) is 30.3 Å². The summed E-state index contributed by atoms with van der Waals surface area (Å²) >= 11 is 1.55. The van der Waals surface area contributed by atoms with E-state index in [1.54, 1.807) is 66.8 Å². The molecule has 71 heavy (non-hydrogen) atoms. The van der Waals surface area contributed by atoms with E-state index in [2.05, 4.69) is 24.5 Å². The number of carboxylic acids is 1. The summed E-state index contributed by atoms with van der Waals surface area (Å²) < 4.78 is 12.0. The van der Waals surface area contributed by atoms with Gasteiger partial charge in [-0.2, -0.15) is 0 Å². The molecule has 2 heterocycles. The summed E-state index contributed by atoms with van der Waals surface area (Å²) in [4.78, 5) is 114. The van der Waals surface area contributed by atoms with Gasteiger partial charge in [0.2, 0.25) is 41.4 Å². The number of carboxylic acid groups (broad SMARTS) is 1. The van der Waals surface area contributed by atoms with Crippen LogP contribution in [0.4, 0.5) is 0 Å². The van der Waals surface area contributed by atoms with Crippen molar-refractivity contribution in [3.63, 3.8) is 0 Å². The number of amides is 7. The average molecular weight is 1020 g/mol. The molecule has 17 nitrogen and oxygen atoms in total.